The average Bonchev–Trinajstić information content (AvgIpc) is 3.14. The van der Waals surface area contributed by atoms with Gasteiger partial charge in [-0.2, -0.15) is 0 Å². The normalized spacial score (nSPS) is 14.3. The van der Waals surface area contributed by atoms with Crippen LogP contribution in [0.5, 0.6) is 0 Å². The average molecular weight is 274 g/mol. The van der Waals surface area contributed by atoms with Crippen LogP contribution in [0.2, 0.25) is 0 Å². The lowest BCUT2D eigenvalue weighted by Crippen LogP contribution is -1.99. The Morgan fingerprint density at radius 1 is 0.905 bits per heavy atom. The Morgan fingerprint density at radius 2 is 1.57 bits per heavy atom. The predicted octanol–water partition coefficient (Wildman–Crippen LogP) is 3.81. The highest BCUT2D eigenvalue weighted by Crippen LogP contribution is 2.32. The third kappa shape index (κ3) is 2.49. The fourth-order valence-corrected chi connectivity index (χ4v) is 3.24. The number of hydrogen-bond donors (Lipinski definition) is 0. The van der Waals surface area contributed by atoms with Crippen LogP contribution in [-0.2, 0) is 19.4 Å². The summed E-state index contributed by atoms with van der Waals surface area (Å²) in [7, 11) is 0. The van der Waals surface area contributed by atoms with Crippen LogP contribution in [-0.4, -0.2) is 9.55 Å². The third-order valence-corrected chi connectivity index (χ3v) is 4.33. The van der Waals surface area contributed by atoms with Gasteiger partial charge in [-0.3, -0.25) is 0 Å². The van der Waals surface area contributed by atoms with Crippen molar-refractivity contribution in [1.29, 1.82) is 0 Å². The van der Waals surface area contributed by atoms with Crippen LogP contribution in [0, 0.1) is 0 Å². The molecule has 0 saturated heterocycles. The quantitative estimate of drug-likeness (QED) is 0.710. The minimum Gasteiger partial charge on any atom is -0.333 e. The predicted molar refractivity (Wildman–Crippen MR) is 84.4 cm³/mol. The molecule has 21 heavy (non-hydrogen) atoms. The van der Waals surface area contributed by atoms with Crippen LogP contribution in [0.4, 0.5) is 0 Å². The maximum Gasteiger partial charge on any atom is 0.0952 e. The molecule has 0 radical (unpaired) electrons. The number of rotatable bonds is 3. The molecule has 2 nitrogen and oxygen atoms in total. The Balaban J connectivity index is 1.51. The molecule has 0 saturated carbocycles. The smallest absolute Gasteiger partial charge is 0.0952 e. The Hall–Kier alpha value is -2.35. The molecule has 3 aromatic rings. The molecule has 0 N–H and O–H groups in total. The van der Waals surface area contributed by atoms with Crippen molar-refractivity contribution in [2.24, 2.45) is 0 Å². The topological polar surface area (TPSA) is 17.8 Å². The van der Waals surface area contributed by atoms with Gasteiger partial charge in [0.05, 0.1) is 12.0 Å². The van der Waals surface area contributed by atoms with Gasteiger partial charge in [-0.1, -0.05) is 54.6 Å². The van der Waals surface area contributed by atoms with Crippen molar-refractivity contribution >= 4 is 0 Å². The van der Waals surface area contributed by atoms with E-state index < -0.39 is 0 Å². The molecule has 0 fully saturated rings. The van der Waals surface area contributed by atoms with Crippen LogP contribution in [0.25, 0.3) is 0 Å². The molecule has 2 heteroatoms. The standard InChI is InChI=1S/C19H18N2/c1-2-6-15(7-3-1)12-21-13-19(20-14-21)18-10-16-8-4-5-9-17(16)11-18/h1-9,13-14,18H,10-12H2. The number of fused-ring (bicyclic) bond motifs is 1. The summed E-state index contributed by atoms with van der Waals surface area (Å²) in [5.41, 5.74) is 5.51. The van der Waals surface area contributed by atoms with Gasteiger partial charge in [0.25, 0.3) is 0 Å². The second-order valence-corrected chi connectivity index (χ2v) is 5.83. The molecule has 4 rings (SSSR count). The molecular weight excluding hydrogens is 256 g/mol. The van der Waals surface area contributed by atoms with Crippen LogP contribution in [0.1, 0.15) is 28.3 Å². The second kappa shape index (κ2) is 5.21. The lowest BCUT2D eigenvalue weighted by Gasteiger charge is -2.05. The molecule has 2 aromatic carbocycles. The van der Waals surface area contributed by atoms with Crippen LogP contribution < -0.4 is 0 Å². The molecule has 1 aliphatic carbocycles. The summed E-state index contributed by atoms with van der Waals surface area (Å²) < 4.78 is 2.19. The molecule has 1 aromatic heterocycles. The van der Waals surface area contributed by atoms with Gasteiger partial charge in [0.15, 0.2) is 0 Å². The monoisotopic (exact) mass is 274 g/mol. The summed E-state index contributed by atoms with van der Waals surface area (Å²) in [5.74, 6) is 0.541. The van der Waals surface area contributed by atoms with E-state index in [1.807, 2.05) is 6.33 Å². The third-order valence-electron chi connectivity index (χ3n) is 4.33. The minimum atomic E-state index is 0.541. The van der Waals surface area contributed by atoms with E-state index in [4.69, 9.17) is 0 Å². The zero-order valence-electron chi connectivity index (χ0n) is 11.9. The van der Waals surface area contributed by atoms with Crippen LogP contribution in [0.15, 0.2) is 67.1 Å². The highest BCUT2D eigenvalue weighted by Gasteiger charge is 2.24. The molecule has 0 spiro atoms. The van der Waals surface area contributed by atoms with Crippen LogP contribution in [0.3, 0.4) is 0 Å². The maximum absolute atomic E-state index is 4.64. The molecular formula is C19H18N2. The largest absolute Gasteiger partial charge is 0.333 e. The van der Waals surface area contributed by atoms with E-state index in [1.54, 1.807) is 0 Å². The zero-order chi connectivity index (χ0) is 14.1. The summed E-state index contributed by atoms with van der Waals surface area (Å²) in [6.45, 7) is 0.896. The summed E-state index contributed by atoms with van der Waals surface area (Å²) >= 11 is 0. The molecule has 0 aliphatic heterocycles. The van der Waals surface area contributed by atoms with E-state index in [1.165, 1.54) is 22.4 Å². The summed E-state index contributed by atoms with van der Waals surface area (Å²) in [6, 6.07) is 19.3. The molecule has 1 heterocycles. The number of imidazole rings is 1. The first-order valence-electron chi connectivity index (χ1n) is 7.51. The van der Waals surface area contributed by atoms with Gasteiger partial charge in [-0.15, -0.1) is 0 Å². The molecule has 0 amide bonds. The van der Waals surface area contributed by atoms with E-state index in [-0.39, 0.29) is 0 Å². The van der Waals surface area contributed by atoms with E-state index in [9.17, 15) is 0 Å². The second-order valence-electron chi connectivity index (χ2n) is 5.83. The SMILES string of the molecule is c1ccc(Cn2cnc(C3Cc4ccccc4C3)c2)cc1. The van der Waals surface area contributed by atoms with Crippen molar-refractivity contribution in [2.45, 2.75) is 25.3 Å². The van der Waals surface area contributed by atoms with E-state index >= 15 is 0 Å². The highest BCUT2D eigenvalue weighted by molar-refractivity contribution is 5.35. The number of hydrogen-bond acceptors (Lipinski definition) is 1. The first-order chi connectivity index (χ1) is 10.4. The van der Waals surface area contributed by atoms with Crippen molar-refractivity contribution in [2.75, 3.05) is 0 Å². The first-order valence-corrected chi connectivity index (χ1v) is 7.51. The van der Waals surface area contributed by atoms with Gasteiger partial charge in [0, 0.05) is 18.7 Å². The summed E-state index contributed by atoms with van der Waals surface area (Å²) in [6.07, 6.45) is 6.42. The minimum absolute atomic E-state index is 0.541. The van der Waals surface area contributed by atoms with Gasteiger partial charge >= 0.3 is 0 Å². The summed E-state index contributed by atoms with van der Waals surface area (Å²) in [5, 5.41) is 0. The van der Waals surface area contributed by atoms with Gasteiger partial charge in [-0.25, -0.2) is 4.98 Å². The van der Waals surface area contributed by atoms with Crippen molar-refractivity contribution in [3.63, 3.8) is 0 Å². The van der Waals surface area contributed by atoms with Gasteiger partial charge in [0.2, 0.25) is 0 Å². The molecule has 1 aliphatic rings. The maximum atomic E-state index is 4.64. The molecule has 0 atom stereocenters. The van der Waals surface area contributed by atoms with Crippen LogP contribution >= 0.6 is 0 Å². The lowest BCUT2D eigenvalue weighted by atomic mass is 10.0. The van der Waals surface area contributed by atoms with E-state index in [0.29, 0.717) is 5.92 Å². The fraction of sp³-hybridized carbons (Fsp3) is 0.211. The lowest BCUT2D eigenvalue weighted by molar-refractivity contribution is 0.716. The first kappa shape index (κ1) is 12.4. The number of aromatic nitrogens is 2. The number of benzene rings is 2. The highest BCUT2D eigenvalue weighted by atomic mass is 15.0. The van der Waals surface area contributed by atoms with E-state index in [0.717, 1.165) is 19.4 Å². The molecule has 0 bridgehead atoms. The zero-order valence-corrected chi connectivity index (χ0v) is 11.9. The molecule has 0 unspecified atom stereocenters. The van der Waals surface area contributed by atoms with Crippen molar-refractivity contribution in [3.05, 3.63) is 89.5 Å². The Bertz CT molecular complexity index is 718. The van der Waals surface area contributed by atoms with E-state index in [2.05, 4.69) is 70.3 Å². The van der Waals surface area contributed by atoms with Gasteiger partial charge in [0.1, 0.15) is 0 Å². The summed E-state index contributed by atoms with van der Waals surface area (Å²) in [4.78, 5) is 4.64. The van der Waals surface area contributed by atoms with Crippen molar-refractivity contribution in [3.8, 4) is 0 Å². The number of nitrogens with zero attached hydrogens (tertiary/aromatic N) is 2. The Kier molecular flexibility index (Phi) is 3.07. The molecule has 104 valence electrons. The van der Waals surface area contributed by atoms with Gasteiger partial charge in [-0.05, 0) is 29.5 Å². The van der Waals surface area contributed by atoms with Gasteiger partial charge < -0.3 is 4.57 Å². The fourth-order valence-electron chi connectivity index (χ4n) is 3.24. The van der Waals surface area contributed by atoms with Crippen molar-refractivity contribution in [1.82, 2.24) is 9.55 Å². The Morgan fingerprint density at radius 3 is 2.29 bits per heavy atom. The van der Waals surface area contributed by atoms with Crippen molar-refractivity contribution < 1.29 is 0 Å². The Labute approximate surface area is 125 Å².